The summed E-state index contributed by atoms with van der Waals surface area (Å²) in [6.45, 7) is 0. The highest BCUT2D eigenvalue weighted by Gasteiger charge is 2.34. The molecule has 1 heterocycles. The van der Waals surface area contributed by atoms with E-state index in [1.54, 1.807) is 0 Å². The Bertz CT molecular complexity index is 736. The number of nitrogens with one attached hydrogen (secondary N) is 1. The Morgan fingerprint density at radius 3 is 2.74 bits per heavy atom. The lowest BCUT2D eigenvalue weighted by Gasteiger charge is -2.12. The number of halogens is 3. The molecule has 8 heteroatoms. The molecule has 0 spiro atoms. The van der Waals surface area contributed by atoms with Gasteiger partial charge in [-0.15, -0.1) is 0 Å². The van der Waals surface area contributed by atoms with Gasteiger partial charge in [0.2, 0.25) is 0 Å². The first-order valence-electron chi connectivity index (χ1n) is 7.00. The van der Waals surface area contributed by atoms with Crippen molar-refractivity contribution >= 4 is 5.91 Å². The zero-order chi connectivity index (χ0) is 16.6. The van der Waals surface area contributed by atoms with E-state index in [2.05, 4.69) is 15.4 Å². The van der Waals surface area contributed by atoms with Crippen LogP contribution in [-0.4, -0.2) is 22.8 Å². The molecule has 1 aliphatic rings. The third kappa shape index (κ3) is 3.07. The van der Waals surface area contributed by atoms with Crippen molar-refractivity contribution < 1.29 is 22.8 Å². The molecular weight excluding hydrogens is 311 g/mol. The van der Waals surface area contributed by atoms with Gasteiger partial charge in [-0.25, -0.2) is 10.2 Å². The van der Waals surface area contributed by atoms with E-state index in [-0.39, 0.29) is 11.6 Å². The maximum Gasteiger partial charge on any atom is 0.416 e. The summed E-state index contributed by atoms with van der Waals surface area (Å²) >= 11 is 0. The number of aromatic nitrogens is 2. The number of nitrogens with zero attached hydrogens (tertiary/aromatic N) is 2. The molecule has 1 aromatic heterocycles. The summed E-state index contributed by atoms with van der Waals surface area (Å²) < 4.78 is 40.0. The molecule has 1 amide bonds. The second-order valence-corrected chi connectivity index (χ2v) is 5.31. The minimum Gasteiger partial charge on any atom is -0.277 e. The first-order chi connectivity index (χ1) is 10.9. The second kappa shape index (κ2) is 5.69. The first-order valence-corrected chi connectivity index (χ1v) is 7.00. The molecule has 23 heavy (non-hydrogen) atoms. The fourth-order valence-corrected chi connectivity index (χ4v) is 2.45. The van der Waals surface area contributed by atoms with Crippen LogP contribution in [0.2, 0.25) is 0 Å². The van der Waals surface area contributed by atoms with Crippen molar-refractivity contribution in [3.8, 4) is 5.69 Å². The van der Waals surface area contributed by atoms with Crippen LogP contribution in [0.1, 0.15) is 40.4 Å². The van der Waals surface area contributed by atoms with Crippen molar-refractivity contribution in [2.75, 3.05) is 7.11 Å². The third-order valence-corrected chi connectivity index (χ3v) is 3.63. The van der Waals surface area contributed by atoms with Gasteiger partial charge in [0, 0.05) is 5.92 Å². The van der Waals surface area contributed by atoms with Gasteiger partial charge in [0.05, 0.1) is 35.8 Å². The number of amides is 1. The Kier molecular flexibility index (Phi) is 3.85. The van der Waals surface area contributed by atoms with Gasteiger partial charge in [0.25, 0.3) is 5.91 Å². The molecule has 1 saturated carbocycles. The average Bonchev–Trinajstić information content (AvgIpc) is 3.25. The number of hydrogen-bond acceptors (Lipinski definition) is 3. The van der Waals surface area contributed by atoms with E-state index < -0.39 is 17.6 Å². The third-order valence-electron chi connectivity index (χ3n) is 3.63. The van der Waals surface area contributed by atoms with Gasteiger partial charge in [0.15, 0.2) is 0 Å². The van der Waals surface area contributed by atoms with Gasteiger partial charge in [-0.1, -0.05) is 6.07 Å². The minimum atomic E-state index is -4.43. The molecule has 2 aromatic rings. The topological polar surface area (TPSA) is 56.1 Å². The van der Waals surface area contributed by atoms with Crippen molar-refractivity contribution in [2.24, 2.45) is 0 Å². The van der Waals surface area contributed by atoms with Crippen LogP contribution in [0.5, 0.6) is 0 Å². The van der Waals surface area contributed by atoms with Crippen LogP contribution < -0.4 is 5.48 Å². The van der Waals surface area contributed by atoms with E-state index in [9.17, 15) is 18.0 Å². The monoisotopic (exact) mass is 325 g/mol. The molecule has 0 aliphatic heterocycles. The number of rotatable bonds is 4. The lowest BCUT2D eigenvalue weighted by molar-refractivity contribution is -0.137. The van der Waals surface area contributed by atoms with Crippen LogP contribution >= 0.6 is 0 Å². The number of hydrogen-bond donors (Lipinski definition) is 1. The number of carbonyl (C=O) groups excluding carboxylic acids is 1. The maximum absolute atomic E-state index is 12.9. The van der Waals surface area contributed by atoms with Gasteiger partial charge >= 0.3 is 6.18 Å². The minimum absolute atomic E-state index is 0.115. The maximum atomic E-state index is 12.9. The Hall–Kier alpha value is -2.35. The second-order valence-electron chi connectivity index (χ2n) is 5.31. The fraction of sp³-hybridized carbons (Fsp3) is 0.333. The van der Waals surface area contributed by atoms with Gasteiger partial charge < -0.3 is 0 Å². The summed E-state index contributed by atoms with van der Waals surface area (Å²) in [5.41, 5.74) is 2.66. The van der Waals surface area contributed by atoms with Crippen molar-refractivity contribution in [3.05, 3.63) is 47.3 Å². The highest BCUT2D eigenvalue weighted by Crippen LogP contribution is 2.42. The molecule has 122 valence electrons. The molecule has 1 fully saturated rings. The number of carbonyl (C=O) groups is 1. The molecule has 0 atom stereocenters. The lowest BCUT2D eigenvalue weighted by Crippen LogP contribution is -2.22. The quantitative estimate of drug-likeness (QED) is 0.879. The predicted octanol–water partition coefficient (Wildman–Crippen LogP) is 3.06. The van der Waals surface area contributed by atoms with E-state index in [0.29, 0.717) is 11.3 Å². The normalized spacial score (nSPS) is 14.8. The molecule has 1 N–H and O–H groups in total. The molecule has 5 nitrogen and oxygen atoms in total. The largest absolute Gasteiger partial charge is 0.416 e. The van der Waals surface area contributed by atoms with Crippen molar-refractivity contribution in [2.45, 2.75) is 24.9 Å². The molecule has 0 bridgehead atoms. The summed E-state index contributed by atoms with van der Waals surface area (Å²) in [4.78, 5) is 16.6. The first kappa shape index (κ1) is 15.5. The molecule has 1 aromatic carbocycles. The summed E-state index contributed by atoms with van der Waals surface area (Å²) in [7, 11) is 1.31. The molecule has 0 saturated heterocycles. The average molecular weight is 325 g/mol. The van der Waals surface area contributed by atoms with Gasteiger partial charge in [-0.05, 0) is 31.0 Å². The van der Waals surface area contributed by atoms with E-state index in [4.69, 9.17) is 0 Å². The molecule has 1 aliphatic carbocycles. The zero-order valence-electron chi connectivity index (χ0n) is 12.2. The van der Waals surface area contributed by atoms with Gasteiger partial charge in [-0.2, -0.15) is 18.3 Å². The number of alkyl halides is 3. The summed E-state index contributed by atoms with van der Waals surface area (Å²) in [5.74, 6) is -0.350. The molecule has 3 rings (SSSR count). The van der Waals surface area contributed by atoms with Gasteiger partial charge in [0.1, 0.15) is 0 Å². The zero-order valence-corrected chi connectivity index (χ0v) is 12.2. The highest BCUT2D eigenvalue weighted by molar-refractivity contribution is 5.94. The van der Waals surface area contributed by atoms with E-state index in [1.165, 1.54) is 30.1 Å². The molecular formula is C15H14F3N3O2. The van der Waals surface area contributed by atoms with Crippen LogP contribution in [0, 0.1) is 0 Å². The Balaban J connectivity index is 2.05. The highest BCUT2D eigenvalue weighted by atomic mass is 19.4. The Labute approximate surface area is 130 Å². The summed E-state index contributed by atoms with van der Waals surface area (Å²) in [6.07, 6.45) is -1.34. The standard InChI is InChI=1S/C15H14F3N3O2/c1-23-20-14(22)12-8-19-21(13(12)9-5-6-9)11-4-2-3-10(7-11)15(16,17)18/h2-4,7-9H,5-6H2,1H3,(H,20,22). The van der Waals surface area contributed by atoms with Crippen molar-refractivity contribution in [1.82, 2.24) is 15.3 Å². The van der Waals surface area contributed by atoms with Crippen LogP contribution in [-0.2, 0) is 11.0 Å². The lowest BCUT2D eigenvalue weighted by atomic mass is 10.1. The van der Waals surface area contributed by atoms with E-state index in [1.807, 2.05) is 0 Å². The van der Waals surface area contributed by atoms with Crippen molar-refractivity contribution in [3.63, 3.8) is 0 Å². The number of benzene rings is 1. The summed E-state index contributed by atoms with van der Waals surface area (Å²) in [5, 5.41) is 4.11. The van der Waals surface area contributed by atoms with Crippen LogP contribution in [0.4, 0.5) is 13.2 Å². The van der Waals surface area contributed by atoms with Crippen molar-refractivity contribution in [1.29, 1.82) is 0 Å². The van der Waals surface area contributed by atoms with Crippen LogP contribution in [0.15, 0.2) is 30.5 Å². The van der Waals surface area contributed by atoms with E-state index in [0.717, 1.165) is 25.0 Å². The fourth-order valence-electron chi connectivity index (χ4n) is 2.45. The van der Waals surface area contributed by atoms with Crippen LogP contribution in [0.3, 0.4) is 0 Å². The SMILES string of the molecule is CONC(=O)c1cnn(-c2cccc(C(F)(F)F)c2)c1C1CC1. The van der Waals surface area contributed by atoms with E-state index >= 15 is 0 Å². The predicted molar refractivity (Wildman–Crippen MR) is 75.0 cm³/mol. The Morgan fingerprint density at radius 1 is 1.39 bits per heavy atom. The van der Waals surface area contributed by atoms with Crippen LogP contribution in [0.25, 0.3) is 5.69 Å². The molecule has 0 radical (unpaired) electrons. The molecule has 0 unspecified atom stereocenters. The smallest absolute Gasteiger partial charge is 0.277 e. The Morgan fingerprint density at radius 2 is 2.13 bits per heavy atom. The number of hydroxylamine groups is 1. The van der Waals surface area contributed by atoms with Gasteiger partial charge in [-0.3, -0.25) is 9.63 Å². The summed E-state index contributed by atoms with van der Waals surface area (Å²) in [6, 6.07) is 4.89.